The topological polar surface area (TPSA) is 61.4 Å². The smallest absolute Gasteiger partial charge is 0.319 e. The molecule has 0 fully saturated rings. The van der Waals surface area contributed by atoms with Crippen molar-refractivity contribution in [1.29, 1.82) is 0 Å². The Bertz CT molecular complexity index is 501. The number of urea groups is 1. The minimum atomic E-state index is -0.520. The van der Waals surface area contributed by atoms with Gasteiger partial charge in [-0.1, -0.05) is 33.8 Å². The molecular weight excluding hydrogens is 271 g/mol. The van der Waals surface area contributed by atoms with Crippen LogP contribution in [-0.4, -0.2) is 23.8 Å². The summed E-state index contributed by atoms with van der Waals surface area (Å²) in [5.41, 5.74) is 0.783. The maximum absolute atomic E-state index is 13.2. The lowest BCUT2D eigenvalue weighted by atomic mass is 9.81. The fraction of sp³-hybridized carbons (Fsp3) is 0.562. The van der Waals surface area contributed by atoms with Crippen LogP contribution in [0.25, 0.3) is 0 Å². The van der Waals surface area contributed by atoms with E-state index in [0.29, 0.717) is 12.2 Å². The Labute approximate surface area is 125 Å². The highest BCUT2D eigenvalue weighted by Crippen LogP contribution is 2.25. The number of halogens is 1. The molecular formula is C16H25FN2O2. The zero-order chi connectivity index (χ0) is 16.2. The molecule has 0 aromatic heterocycles. The summed E-state index contributed by atoms with van der Waals surface area (Å²) in [4.78, 5) is 11.9. The van der Waals surface area contributed by atoms with Gasteiger partial charge < -0.3 is 15.7 Å². The van der Waals surface area contributed by atoms with Crippen molar-refractivity contribution in [1.82, 2.24) is 5.32 Å². The van der Waals surface area contributed by atoms with Crippen LogP contribution in [0.4, 0.5) is 14.9 Å². The number of anilines is 1. The molecule has 1 unspecified atom stereocenters. The predicted octanol–water partition coefficient (Wildman–Crippen LogP) is 3.30. The third kappa shape index (κ3) is 5.01. The van der Waals surface area contributed by atoms with Crippen LogP contribution in [-0.2, 0) is 0 Å². The van der Waals surface area contributed by atoms with Crippen molar-refractivity contribution in [2.45, 2.75) is 40.7 Å². The Balaban J connectivity index is 2.60. The van der Waals surface area contributed by atoms with Gasteiger partial charge in [-0.05, 0) is 30.5 Å². The largest absolute Gasteiger partial charge is 0.392 e. The van der Waals surface area contributed by atoms with Gasteiger partial charge in [-0.2, -0.15) is 0 Å². The highest BCUT2D eigenvalue weighted by Gasteiger charge is 2.30. The molecule has 0 bridgehead atoms. The number of benzene rings is 1. The standard InChI is InChI=1S/C16H25FN2O2/c1-10(2)14(20)16(4,5)9-18-15(21)19-13-8-12(17)7-6-11(13)3/h6-8,10,14,20H,9H2,1-5H3,(H2,18,19,21). The summed E-state index contributed by atoms with van der Waals surface area (Å²) in [6.45, 7) is 9.77. The molecule has 21 heavy (non-hydrogen) atoms. The monoisotopic (exact) mass is 296 g/mol. The highest BCUT2D eigenvalue weighted by molar-refractivity contribution is 5.90. The van der Waals surface area contributed by atoms with Gasteiger partial charge in [0.25, 0.3) is 0 Å². The molecule has 0 radical (unpaired) electrons. The number of amides is 2. The molecule has 118 valence electrons. The molecule has 3 N–H and O–H groups in total. The average Bonchev–Trinajstić information content (AvgIpc) is 2.39. The summed E-state index contributed by atoms with van der Waals surface area (Å²) >= 11 is 0. The average molecular weight is 296 g/mol. The van der Waals surface area contributed by atoms with Gasteiger partial charge in [-0.3, -0.25) is 0 Å². The first kappa shape index (κ1) is 17.4. The number of aliphatic hydroxyl groups excluding tert-OH is 1. The first-order valence-corrected chi connectivity index (χ1v) is 7.12. The molecule has 0 heterocycles. The second-order valence-corrected chi connectivity index (χ2v) is 6.44. The molecule has 4 nitrogen and oxygen atoms in total. The van der Waals surface area contributed by atoms with Crippen molar-refractivity contribution in [3.63, 3.8) is 0 Å². The van der Waals surface area contributed by atoms with E-state index in [1.807, 2.05) is 27.7 Å². The maximum Gasteiger partial charge on any atom is 0.319 e. The number of carbonyl (C=O) groups excluding carboxylic acids is 1. The van der Waals surface area contributed by atoms with Crippen molar-refractivity contribution in [3.05, 3.63) is 29.6 Å². The normalized spacial score (nSPS) is 13.1. The number of aliphatic hydroxyl groups is 1. The third-order valence-corrected chi connectivity index (χ3v) is 3.58. The van der Waals surface area contributed by atoms with Crippen molar-refractivity contribution < 1.29 is 14.3 Å². The van der Waals surface area contributed by atoms with E-state index in [0.717, 1.165) is 5.56 Å². The van der Waals surface area contributed by atoms with Crippen LogP contribution in [0.3, 0.4) is 0 Å². The van der Waals surface area contributed by atoms with Crippen LogP contribution in [0.2, 0.25) is 0 Å². The fourth-order valence-electron chi connectivity index (χ4n) is 2.21. The summed E-state index contributed by atoms with van der Waals surface area (Å²) in [5, 5.41) is 15.5. The lowest BCUT2D eigenvalue weighted by molar-refractivity contribution is 0.0154. The molecule has 1 aromatic carbocycles. The quantitative estimate of drug-likeness (QED) is 0.780. The van der Waals surface area contributed by atoms with E-state index in [2.05, 4.69) is 10.6 Å². The van der Waals surface area contributed by atoms with Gasteiger partial charge in [0.15, 0.2) is 0 Å². The van der Waals surface area contributed by atoms with Gasteiger partial charge in [0.2, 0.25) is 0 Å². The minimum absolute atomic E-state index is 0.107. The second kappa shape index (κ2) is 6.89. The molecule has 2 amide bonds. The van der Waals surface area contributed by atoms with Crippen molar-refractivity contribution in [3.8, 4) is 0 Å². The molecule has 0 saturated carbocycles. The molecule has 0 aliphatic carbocycles. The lowest BCUT2D eigenvalue weighted by Gasteiger charge is -2.33. The van der Waals surface area contributed by atoms with Crippen molar-refractivity contribution in [2.75, 3.05) is 11.9 Å². The summed E-state index contributed by atoms with van der Waals surface area (Å²) in [7, 11) is 0. The van der Waals surface area contributed by atoms with E-state index in [1.54, 1.807) is 13.0 Å². The number of nitrogens with one attached hydrogen (secondary N) is 2. The fourth-order valence-corrected chi connectivity index (χ4v) is 2.21. The molecule has 0 saturated heterocycles. The van der Waals surface area contributed by atoms with Crippen LogP contribution in [0.15, 0.2) is 18.2 Å². The lowest BCUT2D eigenvalue weighted by Crippen LogP contribution is -2.44. The van der Waals surface area contributed by atoms with Gasteiger partial charge in [0.05, 0.1) is 6.10 Å². The van der Waals surface area contributed by atoms with Crippen LogP contribution in [0.1, 0.15) is 33.3 Å². The Morgan fingerprint density at radius 3 is 2.57 bits per heavy atom. The van der Waals surface area contributed by atoms with Gasteiger partial charge in [0.1, 0.15) is 5.82 Å². The number of rotatable bonds is 5. The van der Waals surface area contributed by atoms with E-state index in [9.17, 15) is 14.3 Å². The molecule has 0 aliphatic heterocycles. The van der Waals surface area contributed by atoms with Crippen molar-refractivity contribution >= 4 is 11.7 Å². The van der Waals surface area contributed by atoms with Crippen LogP contribution in [0, 0.1) is 24.1 Å². The number of hydrogen-bond acceptors (Lipinski definition) is 2. The van der Waals surface area contributed by atoms with E-state index in [1.165, 1.54) is 12.1 Å². The maximum atomic E-state index is 13.2. The molecule has 1 rings (SSSR count). The van der Waals surface area contributed by atoms with E-state index in [-0.39, 0.29) is 5.92 Å². The zero-order valence-electron chi connectivity index (χ0n) is 13.3. The first-order valence-electron chi connectivity index (χ1n) is 7.12. The van der Waals surface area contributed by atoms with E-state index >= 15 is 0 Å². The summed E-state index contributed by atoms with van der Waals surface area (Å²) in [6.07, 6.45) is -0.520. The third-order valence-electron chi connectivity index (χ3n) is 3.58. The van der Waals surface area contributed by atoms with Gasteiger partial charge >= 0.3 is 6.03 Å². The summed E-state index contributed by atoms with van der Waals surface area (Å²) < 4.78 is 13.2. The van der Waals surface area contributed by atoms with Gasteiger partial charge in [0, 0.05) is 17.6 Å². The number of hydrogen-bond donors (Lipinski definition) is 3. The number of carbonyl (C=O) groups is 1. The predicted molar refractivity (Wildman–Crippen MR) is 82.8 cm³/mol. The Morgan fingerprint density at radius 1 is 1.38 bits per heavy atom. The highest BCUT2D eigenvalue weighted by atomic mass is 19.1. The van der Waals surface area contributed by atoms with Gasteiger partial charge in [-0.15, -0.1) is 0 Å². The summed E-state index contributed by atoms with van der Waals surface area (Å²) in [6, 6.07) is 3.83. The SMILES string of the molecule is Cc1ccc(F)cc1NC(=O)NCC(C)(C)C(O)C(C)C. The van der Waals surface area contributed by atoms with Crippen molar-refractivity contribution in [2.24, 2.45) is 11.3 Å². The molecule has 5 heteroatoms. The van der Waals surface area contributed by atoms with Crippen LogP contribution < -0.4 is 10.6 Å². The van der Waals surface area contributed by atoms with Gasteiger partial charge in [-0.25, -0.2) is 9.18 Å². The van der Waals surface area contributed by atoms with E-state index < -0.39 is 23.4 Å². The van der Waals surface area contributed by atoms with E-state index in [4.69, 9.17) is 0 Å². The second-order valence-electron chi connectivity index (χ2n) is 6.44. The number of aryl methyl sites for hydroxylation is 1. The molecule has 0 spiro atoms. The first-order chi connectivity index (χ1) is 9.63. The Kier molecular flexibility index (Phi) is 5.72. The minimum Gasteiger partial charge on any atom is -0.392 e. The molecule has 0 aliphatic rings. The summed E-state index contributed by atoms with van der Waals surface area (Å²) in [5.74, 6) is -0.290. The van der Waals surface area contributed by atoms with Crippen LogP contribution >= 0.6 is 0 Å². The Morgan fingerprint density at radius 2 is 2.00 bits per heavy atom. The van der Waals surface area contributed by atoms with Crippen LogP contribution in [0.5, 0.6) is 0 Å². The molecule has 1 aromatic rings. The molecule has 1 atom stereocenters. The Hall–Kier alpha value is -1.62. The zero-order valence-corrected chi connectivity index (χ0v) is 13.3.